The summed E-state index contributed by atoms with van der Waals surface area (Å²) < 4.78 is 58.4. The van der Waals surface area contributed by atoms with E-state index in [1.165, 1.54) is 37.7 Å². The Balaban J connectivity index is 0.000000523. The summed E-state index contributed by atoms with van der Waals surface area (Å²) in [7, 11) is -3.34. The predicted octanol–water partition coefficient (Wildman–Crippen LogP) is 19.8. The Labute approximate surface area is 483 Å². The molecule has 0 unspecified atom stereocenters. The summed E-state index contributed by atoms with van der Waals surface area (Å²) in [4.78, 5) is 0.856. The van der Waals surface area contributed by atoms with Crippen molar-refractivity contribution in [1.82, 2.24) is 4.31 Å². The van der Waals surface area contributed by atoms with Gasteiger partial charge in [-0.2, -0.15) is 4.31 Å². The van der Waals surface area contributed by atoms with Gasteiger partial charge >= 0.3 is 0 Å². The lowest BCUT2D eigenvalue weighted by molar-refractivity contribution is 0.0190. The van der Waals surface area contributed by atoms with Crippen LogP contribution in [0, 0.1) is 5.41 Å². The smallest absolute Gasteiger partial charge is 0.243 e. The van der Waals surface area contributed by atoms with Gasteiger partial charge in [-0.3, -0.25) is 0 Å². The second-order valence-corrected chi connectivity index (χ2v) is 35.3. The Bertz CT molecular complexity index is 2760. The fourth-order valence-corrected chi connectivity index (χ4v) is 11.5. The van der Waals surface area contributed by atoms with Crippen molar-refractivity contribution >= 4 is 19.9 Å². The molecule has 4 aromatic carbocycles. The van der Waals surface area contributed by atoms with Crippen molar-refractivity contribution < 1.29 is 21.6 Å². The van der Waals surface area contributed by atoms with E-state index in [9.17, 15) is 16.8 Å². The fourth-order valence-electron chi connectivity index (χ4n) is 8.01. The van der Waals surface area contributed by atoms with E-state index >= 15 is 0 Å². The normalized spacial score (nSPS) is 13.6. The number of hydrogen-bond donors (Lipinski definition) is 0. The highest BCUT2D eigenvalue weighted by atomic mass is 32.2. The summed E-state index contributed by atoms with van der Waals surface area (Å²) in [6.07, 6.45) is 0. The van der Waals surface area contributed by atoms with Gasteiger partial charge in [0.2, 0.25) is 10.0 Å². The molecule has 0 bridgehead atoms. The molecule has 4 aromatic rings. The summed E-state index contributed by atoms with van der Waals surface area (Å²) in [5.41, 5.74) is 12.3. The molecule has 0 saturated heterocycles. The lowest BCUT2D eigenvalue weighted by Gasteiger charge is -2.31. The molecule has 6 nitrogen and oxygen atoms in total. The van der Waals surface area contributed by atoms with Crippen LogP contribution in [0.1, 0.15) is 294 Å². The maximum Gasteiger partial charge on any atom is 0.243 e. The van der Waals surface area contributed by atoms with E-state index in [2.05, 4.69) is 222 Å². The molecule has 444 valence electrons. The number of sulfone groups is 1. The van der Waals surface area contributed by atoms with Crippen molar-refractivity contribution in [3.05, 3.63) is 128 Å². The van der Waals surface area contributed by atoms with Gasteiger partial charge in [-0.1, -0.05) is 229 Å². The maximum atomic E-state index is 13.0. The van der Waals surface area contributed by atoms with Crippen molar-refractivity contribution in [2.45, 2.75) is 286 Å². The van der Waals surface area contributed by atoms with Crippen LogP contribution in [-0.4, -0.2) is 46.6 Å². The lowest BCUT2D eigenvalue weighted by atomic mass is 9.78. The molecule has 0 amide bonds. The van der Waals surface area contributed by atoms with Crippen LogP contribution in [0.2, 0.25) is 0 Å². The van der Waals surface area contributed by atoms with Gasteiger partial charge < -0.3 is 4.74 Å². The predicted molar refractivity (Wildman–Crippen MR) is 342 cm³/mol. The van der Waals surface area contributed by atoms with Crippen molar-refractivity contribution in [2.75, 3.05) is 19.9 Å². The zero-order valence-corrected chi connectivity index (χ0v) is 57.9. The zero-order chi connectivity index (χ0) is 61.7. The maximum absolute atomic E-state index is 13.0. The first kappa shape index (κ1) is 72.7. The minimum Gasteiger partial charge on any atom is -0.374 e. The summed E-state index contributed by atoms with van der Waals surface area (Å²) in [6, 6.07) is 25.6. The third kappa shape index (κ3) is 22.2. The van der Waals surface area contributed by atoms with Crippen LogP contribution in [0.15, 0.2) is 82.6 Å². The van der Waals surface area contributed by atoms with Crippen LogP contribution >= 0.6 is 0 Å². The van der Waals surface area contributed by atoms with Crippen molar-refractivity contribution in [3.8, 4) is 0 Å². The van der Waals surface area contributed by atoms with Crippen molar-refractivity contribution in [1.29, 1.82) is 0 Å². The molecule has 8 heteroatoms. The monoisotopic (exact) mass is 1120 g/mol. The minimum absolute atomic E-state index is 0.0586. The topological polar surface area (TPSA) is 80.8 Å². The number of ether oxygens (including phenoxy) is 1. The average molecular weight is 1120 g/mol. The summed E-state index contributed by atoms with van der Waals surface area (Å²) in [5.74, 6) is 1.91. The molecular weight excluding hydrogens is 999 g/mol. The van der Waals surface area contributed by atoms with E-state index < -0.39 is 25.4 Å². The Morgan fingerprint density at radius 3 is 0.872 bits per heavy atom. The summed E-state index contributed by atoms with van der Waals surface area (Å²) in [5, 5.41) is 0. The number of sulfonamides is 1. The van der Waals surface area contributed by atoms with Crippen molar-refractivity contribution in [2.24, 2.45) is 5.41 Å². The zero-order valence-electron chi connectivity index (χ0n) is 56.2. The van der Waals surface area contributed by atoms with Gasteiger partial charge in [0.15, 0.2) is 9.84 Å². The Morgan fingerprint density at radius 2 is 0.615 bits per heavy atom. The van der Waals surface area contributed by atoms with Gasteiger partial charge in [0, 0.05) is 19.7 Å². The summed E-state index contributed by atoms with van der Waals surface area (Å²) >= 11 is 0. The molecule has 0 saturated carbocycles. The van der Waals surface area contributed by atoms with E-state index in [1.807, 2.05) is 65.8 Å². The third-order valence-electron chi connectivity index (χ3n) is 14.6. The van der Waals surface area contributed by atoms with Crippen LogP contribution in [-0.2, 0) is 57.3 Å². The average Bonchev–Trinajstić information content (AvgIpc) is 3.26. The van der Waals surface area contributed by atoms with Crippen LogP contribution in [0.25, 0.3) is 0 Å². The first-order chi connectivity index (χ1) is 34.5. The molecular formula is C70H117NO5S2. The number of hydrogen-bond acceptors (Lipinski definition) is 5. The highest BCUT2D eigenvalue weighted by Crippen LogP contribution is 2.37. The largest absolute Gasteiger partial charge is 0.374 e. The number of rotatable bonds is 10. The standard InChI is InChI=1S/C18H31NO2S.C18H30O2S.C17H28O.C17H28/c1-13(2)14-10-15(17(3,4)5)12-16(11-14)22(20,21)19(9)18(6,7)8;1-13(2)14-9-15(18(6,7)8)11-16(10-14)21(19,20)12-17(3,4)5;1-12(2)13-9-14(16(3,4)5)11-15(10-13)17(6,7)18-8;1-12(2)13-9-14(16(3,4)5)11-15(10-13)17(6,7)8/h10-13H,1-9H3;9-11,13H,12H2,1-8H3;9-12H,1-8H3;9-12H,1-8H3. The molecule has 0 aliphatic carbocycles. The Kier molecular flexibility index (Phi) is 24.5. The molecule has 0 N–H and O–H groups in total. The highest BCUT2D eigenvalue weighted by Gasteiger charge is 2.33. The number of benzene rings is 4. The lowest BCUT2D eigenvalue weighted by Crippen LogP contribution is -2.42. The first-order valence-electron chi connectivity index (χ1n) is 28.9. The molecule has 0 aromatic heterocycles. The summed E-state index contributed by atoms with van der Waals surface area (Å²) in [6.45, 7) is 66.4. The van der Waals surface area contributed by atoms with Gasteiger partial charge in [0.25, 0.3) is 0 Å². The van der Waals surface area contributed by atoms with Crippen LogP contribution in [0.5, 0.6) is 0 Å². The van der Waals surface area contributed by atoms with E-state index in [4.69, 9.17) is 4.74 Å². The number of methoxy groups -OCH3 is 1. The number of nitrogens with zero attached hydrogens (tertiary/aromatic N) is 1. The Morgan fingerprint density at radius 1 is 0.372 bits per heavy atom. The van der Waals surface area contributed by atoms with E-state index in [0.717, 1.165) is 22.3 Å². The van der Waals surface area contributed by atoms with Crippen LogP contribution in [0.4, 0.5) is 0 Å². The van der Waals surface area contributed by atoms with Gasteiger partial charge in [0.1, 0.15) is 0 Å². The van der Waals surface area contributed by atoms with Gasteiger partial charge in [-0.05, 0) is 171 Å². The van der Waals surface area contributed by atoms with E-state index in [-0.39, 0.29) is 49.8 Å². The van der Waals surface area contributed by atoms with Gasteiger partial charge in [-0.15, -0.1) is 0 Å². The molecule has 0 aliphatic rings. The molecule has 78 heavy (non-hydrogen) atoms. The van der Waals surface area contributed by atoms with Crippen LogP contribution in [0.3, 0.4) is 0 Å². The second-order valence-electron chi connectivity index (χ2n) is 31.3. The molecule has 0 heterocycles. The highest BCUT2D eigenvalue weighted by molar-refractivity contribution is 7.91. The fraction of sp³-hybridized carbons (Fsp3) is 0.657. The molecule has 0 atom stereocenters. The first-order valence-corrected chi connectivity index (χ1v) is 32.0. The second kappa shape index (κ2) is 26.3. The van der Waals surface area contributed by atoms with E-state index in [1.54, 1.807) is 14.2 Å². The molecule has 0 aliphatic heterocycles. The molecule has 0 spiro atoms. The quantitative estimate of drug-likeness (QED) is 0.158. The SMILES string of the molecule is CC(C)c1cc(C(C)(C)C)cc(C(C)(C)C)c1.CC(C)c1cc(C(C)(C)C)cc(S(=O)(=O)CC(C)(C)C)c1.CC(C)c1cc(C(C)(C)C)cc(S(=O)(=O)N(C)C(C)(C)C)c1.COC(C)(C)c1cc(C(C)C)cc(C(C)(C)C)c1. The third-order valence-corrected chi connectivity index (χ3v) is 18.9. The van der Waals surface area contributed by atoms with Gasteiger partial charge in [0.05, 0.1) is 21.1 Å². The van der Waals surface area contributed by atoms with Gasteiger partial charge in [-0.25, -0.2) is 16.8 Å². The Hall–Kier alpha value is -3.30. The van der Waals surface area contributed by atoms with Crippen molar-refractivity contribution in [3.63, 3.8) is 0 Å². The minimum atomic E-state index is -3.50. The molecule has 0 radical (unpaired) electrons. The molecule has 4 rings (SSSR count). The van der Waals surface area contributed by atoms with E-state index in [0.29, 0.717) is 27.5 Å². The van der Waals surface area contributed by atoms with Crippen LogP contribution < -0.4 is 0 Å². The molecule has 0 fully saturated rings.